The van der Waals surface area contributed by atoms with E-state index in [-0.39, 0.29) is 16.4 Å². The molecule has 0 amide bonds. The van der Waals surface area contributed by atoms with Crippen LogP contribution in [-0.4, -0.2) is 18.4 Å². The molecule has 1 aromatic carbocycles. The van der Waals surface area contributed by atoms with Gasteiger partial charge in [0.25, 0.3) is 0 Å². The summed E-state index contributed by atoms with van der Waals surface area (Å²) in [4.78, 5) is 5.72. The van der Waals surface area contributed by atoms with Gasteiger partial charge in [0, 0.05) is 16.6 Å². The first-order valence-electron chi connectivity index (χ1n) is 6.25. The van der Waals surface area contributed by atoms with Crippen molar-refractivity contribution in [1.82, 2.24) is 9.71 Å². The van der Waals surface area contributed by atoms with Crippen LogP contribution in [0, 0.1) is 0 Å². The van der Waals surface area contributed by atoms with Gasteiger partial charge < -0.3 is 5.73 Å². The van der Waals surface area contributed by atoms with Crippen molar-refractivity contribution in [3.8, 4) is 0 Å². The highest BCUT2D eigenvalue weighted by atomic mass is 32.2. The van der Waals surface area contributed by atoms with Crippen molar-refractivity contribution in [2.24, 2.45) is 5.73 Å². The molecule has 2 rings (SSSR count). The molecule has 1 aromatic heterocycles. The number of thiocarbonyl (C=S) groups is 1. The number of nitrogens with one attached hydrogen (secondary N) is 1. The Morgan fingerprint density at radius 1 is 1.38 bits per heavy atom. The topological polar surface area (TPSA) is 85.1 Å². The predicted molar refractivity (Wildman–Crippen MR) is 87.8 cm³/mol. The Balaban J connectivity index is 2.09. The quantitative estimate of drug-likeness (QED) is 0.783. The van der Waals surface area contributed by atoms with Gasteiger partial charge in [-0.25, -0.2) is 18.1 Å². The van der Waals surface area contributed by atoms with E-state index in [1.165, 1.54) is 23.5 Å². The molecule has 0 atom stereocenters. The lowest BCUT2D eigenvalue weighted by atomic mass is 10.2. The average Bonchev–Trinajstić information content (AvgIpc) is 2.93. The molecular formula is C13H15N3O2S3. The molecule has 0 unspecified atom stereocenters. The minimum Gasteiger partial charge on any atom is -0.389 e. The van der Waals surface area contributed by atoms with Crippen LogP contribution >= 0.6 is 23.6 Å². The molecular weight excluding hydrogens is 326 g/mol. The van der Waals surface area contributed by atoms with Crippen LogP contribution in [0.25, 0.3) is 0 Å². The van der Waals surface area contributed by atoms with Crippen LogP contribution in [0.15, 0.2) is 35.4 Å². The third kappa shape index (κ3) is 4.07. The van der Waals surface area contributed by atoms with Gasteiger partial charge in [-0.1, -0.05) is 31.3 Å². The Hall–Kier alpha value is -1.35. The molecule has 0 saturated heterocycles. The number of nitrogens with two attached hydrogens (primary N) is 1. The van der Waals surface area contributed by atoms with E-state index in [0.717, 1.165) is 16.3 Å². The second-order valence-electron chi connectivity index (χ2n) is 4.29. The fourth-order valence-electron chi connectivity index (χ4n) is 1.63. The molecule has 8 heteroatoms. The maximum Gasteiger partial charge on any atom is 0.240 e. The lowest BCUT2D eigenvalue weighted by Gasteiger charge is -2.06. The van der Waals surface area contributed by atoms with Crippen LogP contribution in [0.2, 0.25) is 0 Å². The highest BCUT2D eigenvalue weighted by molar-refractivity contribution is 7.89. The SMILES string of the molecule is CCc1cnc(CNS(=O)(=O)c2ccc(C(N)=S)cc2)s1. The summed E-state index contributed by atoms with van der Waals surface area (Å²) >= 11 is 6.34. The molecule has 0 aliphatic carbocycles. The number of thiazole rings is 1. The van der Waals surface area contributed by atoms with Crippen LogP contribution in [0.1, 0.15) is 22.4 Å². The first-order valence-corrected chi connectivity index (χ1v) is 8.96. The molecule has 0 aliphatic heterocycles. The smallest absolute Gasteiger partial charge is 0.240 e. The van der Waals surface area contributed by atoms with Crippen LogP contribution < -0.4 is 10.5 Å². The normalized spacial score (nSPS) is 11.5. The van der Waals surface area contributed by atoms with Crippen LogP contribution in [0.4, 0.5) is 0 Å². The average molecular weight is 341 g/mol. The fourth-order valence-corrected chi connectivity index (χ4v) is 3.65. The van der Waals surface area contributed by atoms with Gasteiger partial charge >= 0.3 is 0 Å². The second-order valence-corrected chi connectivity index (χ2v) is 7.69. The molecule has 0 aliphatic rings. The van der Waals surface area contributed by atoms with Crippen molar-refractivity contribution >= 4 is 38.6 Å². The van der Waals surface area contributed by atoms with E-state index in [4.69, 9.17) is 18.0 Å². The Bertz CT molecular complexity index is 736. The minimum atomic E-state index is -3.57. The van der Waals surface area contributed by atoms with Gasteiger partial charge in [0.1, 0.15) is 10.00 Å². The Morgan fingerprint density at radius 2 is 2.05 bits per heavy atom. The number of hydrogen-bond acceptors (Lipinski definition) is 5. The zero-order chi connectivity index (χ0) is 15.5. The molecule has 2 aromatic rings. The molecule has 1 heterocycles. The Labute approximate surface area is 133 Å². The number of nitrogens with zero attached hydrogens (tertiary/aromatic N) is 1. The predicted octanol–water partition coefficient (Wildman–Crippen LogP) is 1.82. The van der Waals surface area contributed by atoms with E-state index < -0.39 is 10.0 Å². The summed E-state index contributed by atoms with van der Waals surface area (Å²) in [5, 5.41) is 0.746. The van der Waals surface area contributed by atoms with Crippen molar-refractivity contribution in [2.75, 3.05) is 0 Å². The summed E-state index contributed by atoms with van der Waals surface area (Å²) in [5.74, 6) is 0. The Kier molecular flexibility index (Phi) is 5.04. The molecule has 0 spiro atoms. The summed E-state index contributed by atoms with van der Waals surface area (Å²) in [5.41, 5.74) is 6.12. The largest absolute Gasteiger partial charge is 0.389 e. The highest BCUT2D eigenvalue weighted by Gasteiger charge is 2.14. The van der Waals surface area contributed by atoms with Gasteiger partial charge in [-0.05, 0) is 18.6 Å². The molecule has 5 nitrogen and oxygen atoms in total. The van der Waals surface area contributed by atoms with Crippen molar-refractivity contribution in [3.63, 3.8) is 0 Å². The summed E-state index contributed by atoms with van der Waals surface area (Å²) in [6, 6.07) is 6.15. The van der Waals surface area contributed by atoms with Crippen LogP contribution in [0.5, 0.6) is 0 Å². The number of aryl methyl sites for hydroxylation is 1. The number of rotatable bonds is 6. The van der Waals surface area contributed by atoms with Crippen molar-refractivity contribution < 1.29 is 8.42 Å². The van der Waals surface area contributed by atoms with Crippen molar-refractivity contribution in [1.29, 1.82) is 0 Å². The highest BCUT2D eigenvalue weighted by Crippen LogP contribution is 2.15. The van der Waals surface area contributed by atoms with Gasteiger partial charge in [-0.3, -0.25) is 0 Å². The van der Waals surface area contributed by atoms with Gasteiger partial charge in [0.2, 0.25) is 10.0 Å². The number of hydrogen-bond donors (Lipinski definition) is 2. The standard InChI is InChI=1S/C13H15N3O2S3/c1-2-10-7-15-12(20-10)8-16-21(17,18)11-5-3-9(4-6-11)13(14)19/h3-7,16H,2,8H2,1H3,(H2,14,19). The van der Waals surface area contributed by atoms with Crippen LogP contribution in [-0.2, 0) is 23.0 Å². The number of aromatic nitrogens is 1. The second kappa shape index (κ2) is 6.61. The van der Waals surface area contributed by atoms with Gasteiger partial charge in [-0.15, -0.1) is 11.3 Å². The zero-order valence-corrected chi connectivity index (χ0v) is 13.8. The lowest BCUT2D eigenvalue weighted by molar-refractivity contribution is 0.581. The van der Waals surface area contributed by atoms with E-state index in [1.807, 2.05) is 6.92 Å². The van der Waals surface area contributed by atoms with E-state index in [9.17, 15) is 8.42 Å². The Morgan fingerprint density at radius 3 is 2.57 bits per heavy atom. The van der Waals surface area contributed by atoms with E-state index in [1.54, 1.807) is 18.3 Å². The van der Waals surface area contributed by atoms with E-state index in [0.29, 0.717) is 5.56 Å². The first kappa shape index (κ1) is 16.0. The molecule has 21 heavy (non-hydrogen) atoms. The third-order valence-corrected chi connectivity index (χ3v) is 5.61. The molecule has 0 saturated carbocycles. The third-order valence-electron chi connectivity index (χ3n) is 2.81. The molecule has 112 valence electrons. The summed E-state index contributed by atoms with van der Waals surface area (Å²) in [7, 11) is -3.57. The molecule has 0 bridgehead atoms. The fraction of sp³-hybridized carbons (Fsp3) is 0.231. The first-order chi connectivity index (χ1) is 9.92. The van der Waals surface area contributed by atoms with Gasteiger partial charge in [-0.2, -0.15) is 0 Å². The summed E-state index contributed by atoms with van der Waals surface area (Å²) < 4.78 is 26.9. The lowest BCUT2D eigenvalue weighted by Crippen LogP contribution is -2.23. The summed E-state index contributed by atoms with van der Waals surface area (Å²) in [6.07, 6.45) is 2.66. The van der Waals surface area contributed by atoms with E-state index >= 15 is 0 Å². The maximum absolute atomic E-state index is 12.2. The van der Waals surface area contributed by atoms with Gasteiger partial charge in [0.05, 0.1) is 11.4 Å². The molecule has 0 radical (unpaired) electrons. The molecule has 3 N–H and O–H groups in total. The van der Waals surface area contributed by atoms with E-state index in [2.05, 4.69) is 9.71 Å². The van der Waals surface area contributed by atoms with Crippen LogP contribution in [0.3, 0.4) is 0 Å². The van der Waals surface area contributed by atoms with Gasteiger partial charge in [0.15, 0.2) is 0 Å². The maximum atomic E-state index is 12.2. The summed E-state index contributed by atoms with van der Waals surface area (Å²) in [6.45, 7) is 2.22. The molecule has 0 fully saturated rings. The number of sulfonamides is 1. The zero-order valence-electron chi connectivity index (χ0n) is 11.4. The monoisotopic (exact) mass is 341 g/mol. The minimum absolute atomic E-state index is 0.176. The number of benzene rings is 1. The van der Waals surface area contributed by atoms with Crippen molar-refractivity contribution in [2.45, 2.75) is 24.8 Å². The van der Waals surface area contributed by atoms with Crippen molar-refractivity contribution in [3.05, 3.63) is 45.9 Å².